The first-order valence-electron chi connectivity index (χ1n) is 7.23. The van der Waals surface area contributed by atoms with E-state index in [1.165, 1.54) is 11.1 Å². The summed E-state index contributed by atoms with van der Waals surface area (Å²) in [5.74, 6) is 0. The first-order chi connectivity index (χ1) is 9.67. The van der Waals surface area contributed by atoms with E-state index in [0.29, 0.717) is 6.04 Å². The van der Waals surface area contributed by atoms with Crippen LogP contribution in [0.4, 0.5) is 0 Å². The highest BCUT2D eigenvalue weighted by Gasteiger charge is 2.35. The van der Waals surface area contributed by atoms with E-state index in [2.05, 4.69) is 60.5 Å². The maximum Gasteiger partial charge on any atom is 0.0947 e. The fourth-order valence-corrected chi connectivity index (χ4v) is 2.95. The van der Waals surface area contributed by atoms with Gasteiger partial charge in [0, 0.05) is 31.2 Å². The molecule has 0 spiro atoms. The van der Waals surface area contributed by atoms with Crippen LogP contribution in [0.2, 0.25) is 0 Å². The smallest absolute Gasteiger partial charge is 0.0947 e. The Balaban J connectivity index is 1.78. The normalized spacial score (nSPS) is 27.6. The average Bonchev–Trinajstić information content (AvgIpc) is 2.97. The average molecular weight is 270 g/mol. The van der Waals surface area contributed by atoms with Crippen molar-refractivity contribution in [1.29, 1.82) is 0 Å². The summed E-state index contributed by atoms with van der Waals surface area (Å²) in [5.41, 5.74) is 2.61. The summed E-state index contributed by atoms with van der Waals surface area (Å²) < 4.78 is 5.19. The molecule has 1 aliphatic rings. The lowest BCUT2D eigenvalue weighted by molar-refractivity contribution is 0.0876. The number of furan rings is 1. The van der Waals surface area contributed by atoms with E-state index >= 15 is 0 Å². The van der Waals surface area contributed by atoms with Gasteiger partial charge in [0.1, 0.15) is 0 Å². The number of nitrogens with zero attached hydrogens (tertiary/aromatic N) is 1. The van der Waals surface area contributed by atoms with Crippen LogP contribution in [0.5, 0.6) is 0 Å². The standard InChI is InChI=1S/C17H22N2O/c1-14-10-18-17(2,16-6-4-3-5-7-16)13-19(14)11-15-8-9-20-12-15/h3-9,12,14,18H,10-11,13H2,1-2H3. The van der Waals surface area contributed by atoms with Gasteiger partial charge in [0.05, 0.1) is 18.1 Å². The SMILES string of the molecule is CC1CNC(C)(c2ccccc2)CN1Cc1ccoc1. The second kappa shape index (κ2) is 5.43. The van der Waals surface area contributed by atoms with E-state index in [1.807, 2.05) is 6.26 Å². The van der Waals surface area contributed by atoms with Gasteiger partial charge in [0.25, 0.3) is 0 Å². The number of rotatable bonds is 3. The summed E-state index contributed by atoms with van der Waals surface area (Å²) in [5, 5.41) is 3.71. The zero-order valence-corrected chi connectivity index (χ0v) is 12.2. The minimum Gasteiger partial charge on any atom is -0.472 e. The van der Waals surface area contributed by atoms with Crippen LogP contribution in [-0.4, -0.2) is 24.0 Å². The van der Waals surface area contributed by atoms with E-state index in [0.717, 1.165) is 19.6 Å². The van der Waals surface area contributed by atoms with Crippen LogP contribution in [0.3, 0.4) is 0 Å². The summed E-state index contributed by atoms with van der Waals surface area (Å²) in [7, 11) is 0. The molecule has 20 heavy (non-hydrogen) atoms. The van der Waals surface area contributed by atoms with Crippen LogP contribution in [0.15, 0.2) is 53.3 Å². The highest BCUT2D eigenvalue weighted by Crippen LogP contribution is 2.27. The Labute approximate surface area is 120 Å². The quantitative estimate of drug-likeness (QED) is 0.929. The molecule has 1 aromatic heterocycles. The molecule has 1 aliphatic heterocycles. The molecule has 0 radical (unpaired) electrons. The number of benzene rings is 1. The third kappa shape index (κ3) is 2.65. The van der Waals surface area contributed by atoms with Crippen LogP contribution < -0.4 is 5.32 Å². The summed E-state index contributed by atoms with van der Waals surface area (Å²) in [4.78, 5) is 2.52. The van der Waals surface area contributed by atoms with E-state index in [4.69, 9.17) is 4.42 Å². The lowest BCUT2D eigenvalue weighted by atomic mass is 9.88. The zero-order valence-electron chi connectivity index (χ0n) is 12.2. The fraction of sp³-hybridized carbons (Fsp3) is 0.412. The Bertz CT molecular complexity index is 537. The molecular formula is C17H22N2O. The topological polar surface area (TPSA) is 28.4 Å². The molecule has 2 aromatic rings. The van der Waals surface area contributed by atoms with Crippen LogP contribution in [0.1, 0.15) is 25.0 Å². The summed E-state index contributed by atoms with van der Waals surface area (Å²) in [6, 6.07) is 13.3. The van der Waals surface area contributed by atoms with Crippen LogP contribution in [0, 0.1) is 0 Å². The van der Waals surface area contributed by atoms with Crippen LogP contribution in [-0.2, 0) is 12.1 Å². The van der Waals surface area contributed by atoms with E-state index in [9.17, 15) is 0 Å². The van der Waals surface area contributed by atoms with Crippen LogP contribution >= 0.6 is 0 Å². The predicted octanol–water partition coefficient (Wildman–Crippen LogP) is 2.99. The van der Waals surface area contributed by atoms with Crippen molar-refractivity contribution >= 4 is 0 Å². The molecule has 2 atom stereocenters. The van der Waals surface area contributed by atoms with E-state index in [1.54, 1.807) is 6.26 Å². The fourth-order valence-electron chi connectivity index (χ4n) is 2.95. The van der Waals surface area contributed by atoms with Gasteiger partial charge in [-0.25, -0.2) is 0 Å². The Kier molecular flexibility index (Phi) is 3.64. The molecule has 1 aromatic carbocycles. The lowest BCUT2D eigenvalue weighted by Gasteiger charge is -2.45. The van der Waals surface area contributed by atoms with Gasteiger partial charge in [-0.3, -0.25) is 4.90 Å². The highest BCUT2D eigenvalue weighted by molar-refractivity contribution is 5.25. The third-order valence-electron chi connectivity index (χ3n) is 4.31. The van der Waals surface area contributed by atoms with Gasteiger partial charge in [0.15, 0.2) is 0 Å². The van der Waals surface area contributed by atoms with E-state index < -0.39 is 0 Å². The van der Waals surface area contributed by atoms with Crippen LogP contribution in [0.25, 0.3) is 0 Å². The molecule has 106 valence electrons. The second-order valence-electron chi connectivity index (χ2n) is 5.96. The molecular weight excluding hydrogens is 248 g/mol. The molecule has 3 heteroatoms. The molecule has 0 amide bonds. The minimum absolute atomic E-state index is 0.0114. The van der Waals surface area contributed by atoms with Crippen molar-refractivity contribution in [1.82, 2.24) is 10.2 Å². The van der Waals surface area contributed by atoms with Gasteiger partial charge < -0.3 is 9.73 Å². The number of piperazine rings is 1. The molecule has 0 bridgehead atoms. The van der Waals surface area contributed by atoms with Gasteiger partial charge in [-0.1, -0.05) is 30.3 Å². The second-order valence-corrected chi connectivity index (χ2v) is 5.96. The summed E-state index contributed by atoms with van der Waals surface area (Å²) >= 11 is 0. The van der Waals surface area contributed by atoms with Crippen molar-refractivity contribution in [3.05, 3.63) is 60.1 Å². The highest BCUT2D eigenvalue weighted by atomic mass is 16.3. The van der Waals surface area contributed by atoms with Gasteiger partial charge in [0.2, 0.25) is 0 Å². The summed E-state index contributed by atoms with van der Waals surface area (Å²) in [6.45, 7) is 7.52. The Morgan fingerprint density at radius 2 is 2.10 bits per heavy atom. The number of hydrogen-bond acceptors (Lipinski definition) is 3. The predicted molar refractivity (Wildman–Crippen MR) is 80.4 cm³/mol. The molecule has 0 aliphatic carbocycles. The minimum atomic E-state index is 0.0114. The molecule has 1 fully saturated rings. The molecule has 2 unspecified atom stereocenters. The first kappa shape index (κ1) is 13.4. The van der Waals surface area contributed by atoms with Crippen molar-refractivity contribution in [2.75, 3.05) is 13.1 Å². The van der Waals surface area contributed by atoms with Crippen molar-refractivity contribution < 1.29 is 4.42 Å². The molecule has 3 nitrogen and oxygen atoms in total. The molecule has 1 saturated heterocycles. The zero-order chi connectivity index (χ0) is 14.0. The Hall–Kier alpha value is -1.58. The first-order valence-corrected chi connectivity index (χ1v) is 7.23. The van der Waals surface area contributed by atoms with Gasteiger partial charge in [-0.15, -0.1) is 0 Å². The maximum atomic E-state index is 5.19. The number of nitrogens with one attached hydrogen (secondary N) is 1. The largest absolute Gasteiger partial charge is 0.472 e. The molecule has 3 rings (SSSR count). The summed E-state index contributed by atoms with van der Waals surface area (Å²) in [6.07, 6.45) is 3.59. The maximum absolute atomic E-state index is 5.19. The Morgan fingerprint density at radius 1 is 1.30 bits per heavy atom. The Morgan fingerprint density at radius 3 is 2.80 bits per heavy atom. The monoisotopic (exact) mass is 270 g/mol. The van der Waals surface area contributed by atoms with E-state index in [-0.39, 0.29) is 5.54 Å². The third-order valence-corrected chi connectivity index (χ3v) is 4.31. The van der Waals surface area contributed by atoms with Crippen molar-refractivity contribution in [2.24, 2.45) is 0 Å². The molecule has 2 heterocycles. The van der Waals surface area contributed by atoms with Gasteiger partial charge in [-0.05, 0) is 25.5 Å². The van der Waals surface area contributed by atoms with Gasteiger partial charge in [-0.2, -0.15) is 0 Å². The molecule has 0 saturated carbocycles. The van der Waals surface area contributed by atoms with Crippen molar-refractivity contribution in [3.63, 3.8) is 0 Å². The molecule has 1 N–H and O–H groups in total. The van der Waals surface area contributed by atoms with Crippen molar-refractivity contribution in [3.8, 4) is 0 Å². The van der Waals surface area contributed by atoms with Gasteiger partial charge >= 0.3 is 0 Å². The lowest BCUT2D eigenvalue weighted by Crippen LogP contribution is -2.59. The van der Waals surface area contributed by atoms with Crippen molar-refractivity contribution in [2.45, 2.75) is 32.0 Å². The number of hydrogen-bond donors (Lipinski definition) is 1.